The van der Waals surface area contributed by atoms with Crippen LogP contribution in [0.3, 0.4) is 0 Å². The molecular formula is C35H44ClFN6O7S2. The van der Waals surface area contributed by atoms with E-state index in [0.717, 1.165) is 24.2 Å². The third-order valence-corrected chi connectivity index (χ3v) is 13.3. The second-order valence-corrected chi connectivity index (χ2v) is 18.6. The maximum atomic E-state index is 14.4. The fourth-order valence-corrected chi connectivity index (χ4v) is 9.68. The minimum atomic E-state index is -3.92. The molecule has 1 saturated heterocycles. The van der Waals surface area contributed by atoms with Crippen LogP contribution in [-0.2, 0) is 24.4 Å². The van der Waals surface area contributed by atoms with E-state index in [4.69, 9.17) is 11.6 Å². The van der Waals surface area contributed by atoms with Gasteiger partial charge in [0.1, 0.15) is 28.3 Å². The van der Waals surface area contributed by atoms with Gasteiger partial charge in [-0.05, 0) is 83.9 Å². The molecule has 0 radical (unpaired) electrons. The molecule has 17 heteroatoms. The Hall–Kier alpha value is -3.76. The van der Waals surface area contributed by atoms with Crippen LogP contribution in [0.4, 0.5) is 9.18 Å². The van der Waals surface area contributed by atoms with Crippen LogP contribution >= 0.6 is 22.9 Å². The summed E-state index contributed by atoms with van der Waals surface area (Å²) in [6.45, 7) is 5.31. The number of halogens is 2. The van der Waals surface area contributed by atoms with Crippen molar-refractivity contribution in [3.63, 3.8) is 0 Å². The first-order valence-corrected chi connectivity index (χ1v) is 20.3. The molecule has 282 valence electrons. The number of amides is 6. The van der Waals surface area contributed by atoms with E-state index in [9.17, 15) is 36.8 Å². The van der Waals surface area contributed by atoms with E-state index >= 15 is 0 Å². The summed E-state index contributed by atoms with van der Waals surface area (Å²) < 4.78 is 42.1. The zero-order valence-electron chi connectivity index (χ0n) is 29.2. The molecule has 4 aliphatic rings. The van der Waals surface area contributed by atoms with Crippen LogP contribution < -0.4 is 26.0 Å². The summed E-state index contributed by atoms with van der Waals surface area (Å²) in [6, 6.07) is 0.526. The van der Waals surface area contributed by atoms with Crippen molar-refractivity contribution in [1.82, 2.24) is 30.9 Å². The van der Waals surface area contributed by atoms with Crippen molar-refractivity contribution in [2.45, 2.75) is 113 Å². The Kier molecular flexibility index (Phi) is 10.6. The number of hydrogen-bond donors (Lipinski definition) is 5. The van der Waals surface area contributed by atoms with Gasteiger partial charge < -0.3 is 26.2 Å². The van der Waals surface area contributed by atoms with Crippen molar-refractivity contribution >= 4 is 72.7 Å². The minimum absolute atomic E-state index is 0.0417. The first-order valence-electron chi connectivity index (χ1n) is 17.6. The number of fused-ring (bicyclic) bond motifs is 3. The molecule has 1 aromatic carbocycles. The summed E-state index contributed by atoms with van der Waals surface area (Å²) in [5.74, 6) is -3.57. The fraction of sp³-hybridized carbons (Fsp3) is 0.571. The van der Waals surface area contributed by atoms with Crippen LogP contribution in [0.2, 0.25) is 5.02 Å². The lowest BCUT2D eigenvalue weighted by Gasteiger charge is -2.31. The molecule has 0 spiro atoms. The molecule has 0 unspecified atom stereocenters. The van der Waals surface area contributed by atoms with Gasteiger partial charge in [-0.3, -0.25) is 23.9 Å². The Morgan fingerprint density at radius 1 is 1.08 bits per heavy atom. The van der Waals surface area contributed by atoms with E-state index in [1.54, 1.807) is 20.8 Å². The van der Waals surface area contributed by atoms with Crippen molar-refractivity contribution in [2.75, 3.05) is 6.54 Å². The number of nitrogens with zero attached hydrogens (tertiary/aromatic N) is 1. The molecule has 2 aromatic rings. The SMILES string of the molecule is CC(C)(C)NC(=O)N[C@H]1CCCCC/C=C\[C@@H]2C[C@@]2(C(=O)NS(=O)(=O)C2CC2)NC(=O)[C@@H]2C[C@@H](NC(=O)c3sc4cc(F)ccc4c3Cl)CN2C1=O. The normalized spacial score (nSPS) is 27.7. The van der Waals surface area contributed by atoms with E-state index in [1.165, 1.54) is 23.1 Å². The highest BCUT2D eigenvalue weighted by atomic mass is 35.5. The number of carbonyl (C=O) groups is 5. The van der Waals surface area contributed by atoms with Gasteiger partial charge in [-0.15, -0.1) is 11.3 Å². The highest BCUT2D eigenvalue weighted by Crippen LogP contribution is 2.46. The van der Waals surface area contributed by atoms with E-state index in [2.05, 4.69) is 26.0 Å². The molecule has 2 saturated carbocycles. The van der Waals surface area contributed by atoms with E-state index in [0.29, 0.717) is 42.2 Å². The third-order valence-electron chi connectivity index (χ3n) is 9.81. The quantitative estimate of drug-likeness (QED) is 0.276. The monoisotopic (exact) mass is 778 g/mol. The molecule has 2 aliphatic carbocycles. The standard InChI is InChI=1S/C35H44ClFN6O7S2/c1-34(2,3)41-33(48)39-24-10-8-6-4-5-7-9-19-17-35(19,32(47)42-52(49,50)22-12-13-22)40-29(44)25-16-21(18-43(25)31(24)46)38-30(45)28-27(36)23-14-11-20(37)15-26(23)51-28/h7,9,11,14-15,19,21-22,24-25H,4-6,8,10,12-13,16-18H2,1-3H3,(H,38,45)(H,40,44)(H,42,47)(H2,39,41,48)/b9-7-/t19-,21-,24+,25+,35-/m1/s1. The third kappa shape index (κ3) is 8.38. The minimum Gasteiger partial charge on any atom is -0.347 e. The number of sulfonamides is 1. The van der Waals surface area contributed by atoms with E-state index < -0.39 is 85.9 Å². The highest BCUT2D eigenvalue weighted by Gasteiger charge is 2.62. The van der Waals surface area contributed by atoms with Crippen molar-refractivity contribution in [2.24, 2.45) is 5.92 Å². The number of allylic oxidation sites excluding steroid dienone is 1. The molecule has 0 bridgehead atoms. The smallest absolute Gasteiger partial charge is 0.315 e. The van der Waals surface area contributed by atoms with Crippen molar-refractivity contribution in [3.8, 4) is 0 Å². The van der Waals surface area contributed by atoms with Gasteiger partial charge in [-0.1, -0.05) is 36.6 Å². The number of carbonyl (C=O) groups excluding carboxylic acids is 5. The average Bonchev–Trinajstić information content (AvgIpc) is 3.96. The lowest BCUT2D eigenvalue weighted by atomic mass is 10.0. The Balaban J connectivity index is 1.29. The van der Waals surface area contributed by atoms with Crippen molar-refractivity contribution < 1.29 is 36.8 Å². The van der Waals surface area contributed by atoms with Gasteiger partial charge in [-0.25, -0.2) is 17.6 Å². The van der Waals surface area contributed by atoms with Gasteiger partial charge in [0, 0.05) is 34.1 Å². The van der Waals surface area contributed by atoms with Crippen LogP contribution in [-0.4, -0.2) is 84.0 Å². The Bertz CT molecular complexity index is 1930. The maximum absolute atomic E-state index is 14.4. The lowest BCUT2D eigenvalue weighted by Crippen LogP contribution is -2.59. The molecule has 6 amide bonds. The first kappa shape index (κ1) is 38.0. The van der Waals surface area contributed by atoms with Gasteiger partial charge >= 0.3 is 6.03 Å². The van der Waals surface area contributed by atoms with Crippen LogP contribution in [0.25, 0.3) is 10.1 Å². The number of hydrogen-bond acceptors (Lipinski definition) is 8. The molecule has 13 nitrogen and oxygen atoms in total. The molecule has 5 atom stereocenters. The molecule has 2 aliphatic heterocycles. The van der Waals surface area contributed by atoms with Gasteiger partial charge in [0.15, 0.2) is 0 Å². The van der Waals surface area contributed by atoms with Crippen LogP contribution in [0.5, 0.6) is 0 Å². The van der Waals surface area contributed by atoms with Crippen LogP contribution in [0, 0.1) is 11.7 Å². The molecule has 5 N–H and O–H groups in total. The maximum Gasteiger partial charge on any atom is 0.315 e. The zero-order valence-corrected chi connectivity index (χ0v) is 31.6. The summed E-state index contributed by atoms with van der Waals surface area (Å²) in [5, 5.41) is 11.3. The summed E-state index contributed by atoms with van der Waals surface area (Å²) in [4.78, 5) is 70.2. The fourth-order valence-electron chi connectivity index (χ4n) is 6.88. The Labute approximate surface area is 310 Å². The summed E-state index contributed by atoms with van der Waals surface area (Å²) in [7, 11) is -3.92. The number of nitrogens with one attached hydrogen (secondary N) is 5. The summed E-state index contributed by atoms with van der Waals surface area (Å²) in [6.07, 6.45) is 7.85. The largest absolute Gasteiger partial charge is 0.347 e. The molecule has 1 aromatic heterocycles. The Morgan fingerprint density at radius 2 is 1.83 bits per heavy atom. The Morgan fingerprint density at radius 3 is 2.54 bits per heavy atom. The second kappa shape index (κ2) is 14.6. The molecular weight excluding hydrogens is 735 g/mol. The number of urea groups is 1. The highest BCUT2D eigenvalue weighted by molar-refractivity contribution is 7.91. The molecule has 3 heterocycles. The van der Waals surface area contributed by atoms with Gasteiger partial charge in [0.25, 0.3) is 11.8 Å². The first-order chi connectivity index (χ1) is 24.5. The van der Waals surface area contributed by atoms with Crippen molar-refractivity contribution in [3.05, 3.63) is 46.1 Å². The number of thiophene rings is 1. The zero-order chi connectivity index (χ0) is 37.6. The van der Waals surface area contributed by atoms with Gasteiger partial charge in [-0.2, -0.15) is 0 Å². The number of benzene rings is 1. The van der Waals surface area contributed by atoms with Crippen LogP contribution in [0.15, 0.2) is 30.4 Å². The molecule has 6 rings (SSSR count). The van der Waals surface area contributed by atoms with E-state index in [-0.39, 0.29) is 29.3 Å². The molecule has 52 heavy (non-hydrogen) atoms. The predicted octanol–water partition coefficient (Wildman–Crippen LogP) is 3.86. The summed E-state index contributed by atoms with van der Waals surface area (Å²) in [5.41, 5.74) is -2.14. The van der Waals surface area contributed by atoms with Crippen molar-refractivity contribution in [1.29, 1.82) is 0 Å². The van der Waals surface area contributed by atoms with E-state index in [1.807, 2.05) is 12.2 Å². The molecule has 3 fully saturated rings. The second-order valence-electron chi connectivity index (χ2n) is 15.2. The summed E-state index contributed by atoms with van der Waals surface area (Å²) >= 11 is 7.53. The van der Waals surface area contributed by atoms with Crippen LogP contribution in [0.1, 0.15) is 88.2 Å². The van der Waals surface area contributed by atoms with Gasteiger partial charge in [0.2, 0.25) is 21.8 Å². The topological polar surface area (TPSA) is 183 Å². The lowest BCUT2D eigenvalue weighted by molar-refractivity contribution is -0.141. The average molecular weight is 779 g/mol. The van der Waals surface area contributed by atoms with Gasteiger partial charge in [0.05, 0.1) is 10.3 Å². The predicted molar refractivity (Wildman–Crippen MR) is 195 cm³/mol. The number of rotatable bonds is 6.